The summed E-state index contributed by atoms with van der Waals surface area (Å²) >= 11 is 0. The van der Waals surface area contributed by atoms with Gasteiger partial charge in [-0.3, -0.25) is 9.59 Å². The quantitative estimate of drug-likeness (QED) is 0.902. The van der Waals surface area contributed by atoms with E-state index in [0.717, 1.165) is 18.2 Å². The standard InChI is InChI=1S/C15H18F2N2O3/c1-9(8-22-2)19-7-10(3-14(19)20)15(21)18-13-5-11(16)4-12(17)6-13/h4-6,9-10H,3,7-8H2,1-2H3,(H,18,21)/t9-,10-/m0/s1. The summed E-state index contributed by atoms with van der Waals surface area (Å²) in [5.74, 6) is -2.64. The van der Waals surface area contributed by atoms with Crippen LogP contribution >= 0.6 is 0 Å². The number of likely N-dealkylation sites (tertiary alicyclic amines) is 1. The maximum atomic E-state index is 13.1. The van der Waals surface area contributed by atoms with Crippen LogP contribution < -0.4 is 5.32 Å². The van der Waals surface area contributed by atoms with Crippen molar-refractivity contribution < 1.29 is 23.1 Å². The average molecular weight is 312 g/mol. The fourth-order valence-electron chi connectivity index (χ4n) is 2.53. The minimum absolute atomic E-state index is 0.0401. The highest BCUT2D eigenvalue weighted by Gasteiger charge is 2.36. The zero-order valence-electron chi connectivity index (χ0n) is 12.4. The van der Waals surface area contributed by atoms with E-state index < -0.39 is 23.5 Å². The van der Waals surface area contributed by atoms with Gasteiger partial charge in [-0.1, -0.05) is 0 Å². The summed E-state index contributed by atoms with van der Waals surface area (Å²) in [6, 6.07) is 2.66. The van der Waals surface area contributed by atoms with Crippen LogP contribution in [0.2, 0.25) is 0 Å². The molecule has 2 amide bonds. The normalized spacial score (nSPS) is 19.4. The number of carbonyl (C=O) groups excluding carboxylic acids is 2. The lowest BCUT2D eigenvalue weighted by atomic mass is 10.1. The summed E-state index contributed by atoms with van der Waals surface area (Å²) in [5.41, 5.74) is 0.0401. The van der Waals surface area contributed by atoms with Gasteiger partial charge < -0.3 is 15.0 Å². The fourth-order valence-corrected chi connectivity index (χ4v) is 2.53. The molecule has 0 aliphatic carbocycles. The third-order valence-corrected chi connectivity index (χ3v) is 3.60. The third-order valence-electron chi connectivity index (χ3n) is 3.60. The van der Waals surface area contributed by atoms with Gasteiger partial charge in [-0.05, 0) is 19.1 Å². The maximum Gasteiger partial charge on any atom is 0.229 e. The Morgan fingerprint density at radius 2 is 2.05 bits per heavy atom. The topological polar surface area (TPSA) is 58.6 Å². The Morgan fingerprint density at radius 1 is 1.41 bits per heavy atom. The van der Waals surface area contributed by atoms with E-state index in [4.69, 9.17) is 4.74 Å². The summed E-state index contributed by atoms with van der Waals surface area (Å²) in [6.07, 6.45) is 0.0810. The van der Waals surface area contributed by atoms with Crippen molar-refractivity contribution in [2.24, 2.45) is 5.92 Å². The van der Waals surface area contributed by atoms with Gasteiger partial charge in [0.05, 0.1) is 18.6 Å². The van der Waals surface area contributed by atoms with Crippen LogP contribution in [0.5, 0.6) is 0 Å². The Bertz CT molecular complexity index is 560. The van der Waals surface area contributed by atoms with Gasteiger partial charge in [-0.15, -0.1) is 0 Å². The van der Waals surface area contributed by atoms with E-state index in [2.05, 4.69) is 5.32 Å². The molecule has 0 aromatic heterocycles. The Hall–Kier alpha value is -2.02. The van der Waals surface area contributed by atoms with Crippen molar-refractivity contribution in [2.45, 2.75) is 19.4 Å². The van der Waals surface area contributed by atoms with Gasteiger partial charge in [-0.25, -0.2) is 8.78 Å². The number of halogens is 2. The third kappa shape index (κ3) is 3.79. The van der Waals surface area contributed by atoms with Crippen LogP contribution in [0.3, 0.4) is 0 Å². The van der Waals surface area contributed by atoms with Crippen LogP contribution in [0.1, 0.15) is 13.3 Å². The molecule has 22 heavy (non-hydrogen) atoms. The molecule has 5 nitrogen and oxygen atoms in total. The lowest BCUT2D eigenvalue weighted by Crippen LogP contribution is -2.38. The molecule has 1 N–H and O–H groups in total. The Balaban J connectivity index is 2.00. The SMILES string of the molecule is COC[C@H](C)N1C[C@@H](C(=O)Nc2cc(F)cc(F)c2)CC1=O. The number of ether oxygens (including phenoxy) is 1. The van der Waals surface area contributed by atoms with Crippen molar-refractivity contribution >= 4 is 17.5 Å². The molecule has 2 rings (SSSR count). The summed E-state index contributed by atoms with van der Waals surface area (Å²) in [7, 11) is 1.54. The molecule has 0 unspecified atom stereocenters. The first-order valence-electron chi connectivity index (χ1n) is 6.96. The van der Waals surface area contributed by atoms with Crippen molar-refractivity contribution in [3.8, 4) is 0 Å². The molecule has 1 aliphatic heterocycles. The number of hydrogen-bond donors (Lipinski definition) is 1. The minimum Gasteiger partial charge on any atom is -0.383 e. The number of methoxy groups -OCH3 is 1. The minimum atomic E-state index is -0.770. The van der Waals surface area contributed by atoms with E-state index in [1.807, 2.05) is 6.92 Å². The molecule has 0 radical (unpaired) electrons. The molecule has 1 aromatic rings. The Labute approximate surface area is 127 Å². The number of nitrogens with one attached hydrogen (secondary N) is 1. The molecular weight excluding hydrogens is 294 g/mol. The van der Waals surface area contributed by atoms with E-state index >= 15 is 0 Å². The molecule has 2 atom stereocenters. The van der Waals surface area contributed by atoms with Gasteiger partial charge >= 0.3 is 0 Å². The highest BCUT2D eigenvalue weighted by molar-refractivity contribution is 5.97. The van der Waals surface area contributed by atoms with Crippen LogP contribution in [0.15, 0.2) is 18.2 Å². The molecular formula is C15H18F2N2O3. The number of carbonyl (C=O) groups is 2. The van der Waals surface area contributed by atoms with Crippen molar-refractivity contribution in [3.63, 3.8) is 0 Å². The molecule has 1 aliphatic rings. The first kappa shape index (κ1) is 16.4. The molecule has 1 aromatic carbocycles. The second kappa shape index (κ2) is 6.83. The summed E-state index contributed by atoms with van der Waals surface area (Å²) in [6.45, 7) is 2.49. The molecule has 1 saturated heterocycles. The van der Waals surface area contributed by atoms with Crippen LogP contribution in [0.4, 0.5) is 14.5 Å². The van der Waals surface area contributed by atoms with E-state index in [1.54, 1.807) is 12.0 Å². The summed E-state index contributed by atoms with van der Waals surface area (Å²) in [4.78, 5) is 25.7. The monoisotopic (exact) mass is 312 g/mol. The predicted octanol–water partition coefficient (Wildman–Crippen LogP) is 1.79. The largest absolute Gasteiger partial charge is 0.383 e. The molecule has 0 bridgehead atoms. The van der Waals surface area contributed by atoms with E-state index in [1.165, 1.54) is 0 Å². The van der Waals surface area contributed by atoms with Gasteiger partial charge in [0.1, 0.15) is 11.6 Å². The number of hydrogen-bond acceptors (Lipinski definition) is 3. The Kier molecular flexibility index (Phi) is 5.07. The Morgan fingerprint density at radius 3 is 2.64 bits per heavy atom. The van der Waals surface area contributed by atoms with E-state index in [0.29, 0.717) is 6.61 Å². The van der Waals surface area contributed by atoms with Gasteiger partial charge in [0, 0.05) is 31.8 Å². The second-order valence-electron chi connectivity index (χ2n) is 5.40. The van der Waals surface area contributed by atoms with Gasteiger partial charge in [-0.2, -0.15) is 0 Å². The van der Waals surface area contributed by atoms with Crippen molar-refractivity contribution in [2.75, 3.05) is 25.6 Å². The van der Waals surface area contributed by atoms with Gasteiger partial charge in [0.15, 0.2) is 0 Å². The van der Waals surface area contributed by atoms with Crippen molar-refractivity contribution in [1.82, 2.24) is 4.90 Å². The van der Waals surface area contributed by atoms with Gasteiger partial charge in [0.25, 0.3) is 0 Å². The second-order valence-corrected chi connectivity index (χ2v) is 5.40. The highest BCUT2D eigenvalue weighted by Crippen LogP contribution is 2.22. The number of nitrogens with zero attached hydrogens (tertiary/aromatic N) is 1. The number of rotatable bonds is 5. The number of benzene rings is 1. The predicted molar refractivity (Wildman–Crippen MR) is 76.1 cm³/mol. The first-order chi connectivity index (χ1) is 10.4. The van der Waals surface area contributed by atoms with Gasteiger partial charge in [0.2, 0.25) is 11.8 Å². The zero-order chi connectivity index (χ0) is 16.3. The van der Waals surface area contributed by atoms with E-state index in [9.17, 15) is 18.4 Å². The highest BCUT2D eigenvalue weighted by atomic mass is 19.1. The summed E-state index contributed by atoms with van der Waals surface area (Å²) in [5, 5.41) is 2.45. The van der Waals surface area contributed by atoms with Crippen LogP contribution in [-0.2, 0) is 14.3 Å². The summed E-state index contributed by atoms with van der Waals surface area (Å²) < 4.78 is 31.2. The lowest BCUT2D eigenvalue weighted by Gasteiger charge is -2.23. The number of anilines is 1. The first-order valence-corrected chi connectivity index (χ1v) is 6.96. The van der Waals surface area contributed by atoms with Crippen molar-refractivity contribution in [1.29, 1.82) is 0 Å². The average Bonchev–Trinajstić information content (AvgIpc) is 2.80. The molecule has 0 saturated carbocycles. The molecule has 0 spiro atoms. The van der Waals surface area contributed by atoms with Crippen LogP contribution in [0, 0.1) is 17.6 Å². The van der Waals surface area contributed by atoms with Crippen molar-refractivity contribution in [3.05, 3.63) is 29.8 Å². The molecule has 1 fully saturated rings. The van der Waals surface area contributed by atoms with E-state index in [-0.39, 0.29) is 30.6 Å². The van der Waals surface area contributed by atoms with Crippen LogP contribution in [0.25, 0.3) is 0 Å². The number of amides is 2. The molecule has 1 heterocycles. The lowest BCUT2D eigenvalue weighted by molar-refractivity contribution is -0.130. The maximum absolute atomic E-state index is 13.1. The molecule has 7 heteroatoms. The fraction of sp³-hybridized carbons (Fsp3) is 0.467. The zero-order valence-corrected chi connectivity index (χ0v) is 12.4. The van der Waals surface area contributed by atoms with Crippen LogP contribution in [-0.4, -0.2) is 43.0 Å². The smallest absolute Gasteiger partial charge is 0.229 e. The molecule has 120 valence electrons.